The molecule has 0 nitrogen and oxygen atoms in total. The van der Waals surface area contributed by atoms with Crippen LogP contribution in [0.2, 0.25) is 0 Å². The molecule has 176 valence electrons. The number of fused-ring (bicyclic) bond motifs is 1. The first-order valence-electron chi connectivity index (χ1n) is 14.2. The Kier molecular flexibility index (Phi) is 14.8. The third-order valence-corrected chi connectivity index (χ3v) is 7.20. The van der Waals surface area contributed by atoms with Crippen molar-refractivity contribution in [2.24, 2.45) is 0 Å². The third-order valence-electron chi connectivity index (χ3n) is 7.20. The molecule has 0 unspecified atom stereocenters. The number of hydrogen-bond acceptors (Lipinski definition) is 0. The highest BCUT2D eigenvalue weighted by Gasteiger charge is 2.17. The average molecular weight is 425 g/mol. The molecule has 0 aliphatic heterocycles. The molecular weight excluding hydrogens is 372 g/mol. The third kappa shape index (κ3) is 11.4. The largest absolute Gasteiger partial charge is 0.0723 e. The summed E-state index contributed by atoms with van der Waals surface area (Å²) in [5.74, 6) is 0. The lowest BCUT2D eigenvalue weighted by molar-refractivity contribution is 0.563. The Hall–Kier alpha value is -1.04. The summed E-state index contributed by atoms with van der Waals surface area (Å²) in [4.78, 5) is 0. The maximum atomic E-state index is 2.53. The van der Waals surface area contributed by atoms with Gasteiger partial charge in [0.1, 0.15) is 0 Å². The van der Waals surface area contributed by atoms with Gasteiger partial charge in [0.05, 0.1) is 0 Å². The molecule has 0 aromatic rings. The maximum Gasteiger partial charge on any atom is -0.0126 e. The number of rotatable bonds is 20. The predicted molar refractivity (Wildman–Crippen MR) is 141 cm³/mol. The van der Waals surface area contributed by atoms with Gasteiger partial charge in [-0.1, -0.05) is 146 Å². The average Bonchev–Trinajstić information content (AvgIpc) is 3.19. The van der Waals surface area contributed by atoms with Crippen molar-refractivity contribution < 1.29 is 0 Å². The summed E-state index contributed by atoms with van der Waals surface area (Å²) >= 11 is 0. The van der Waals surface area contributed by atoms with Gasteiger partial charge in [-0.2, -0.15) is 0 Å². The van der Waals surface area contributed by atoms with Crippen molar-refractivity contribution in [2.75, 3.05) is 0 Å². The van der Waals surface area contributed by atoms with E-state index in [4.69, 9.17) is 0 Å². The molecule has 0 spiro atoms. The van der Waals surface area contributed by atoms with Gasteiger partial charge in [-0.15, -0.1) is 0 Å². The Morgan fingerprint density at radius 1 is 0.548 bits per heavy atom. The molecule has 0 heteroatoms. The van der Waals surface area contributed by atoms with Crippen molar-refractivity contribution in [1.82, 2.24) is 0 Å². The van der Waals surface area contributed by atoms with Crippen LogP contribution in [0.3, 0.4) is 0 Å². The van der Waals surface area contributed by atoms with E-state index in [9.17, 15) is 0 Å². The first kappa shape index (κ1) is 26.2. The lowest BCUT2D eigenvalue weighted by Gasteiger charge is -2.16. The van der Waals surface area contributed by atoms with Crippen LogP contribution in [0.25, 0.3) is 0 Å². The SMILES string of the molecule is CCCCCCCCCCCC1=CC2=CC=C(CCCCCCCCCCC)C2=CC1. The zero-order chi connectivity index (χ0) is 22.0. The summed E-state index contributed by atoms with van der Waals surface area (Å²) in [6, 6.07) is 0. The molecule has 0 aromatic heterocycles. The molecule has 2 aliphatic carbocycles. The van der Waals surface area contributed by atoms with Gasteiger partial charge in [-0.25, -0.2) is 0 Å². The Morgan fingerprint density at radius 2 is 1.03 bits per heavy atom. The van der Waals surface area contributed by atoms with E-state index in [0.29, 0.717) is 0 Å². The van der Waals surface area contributed by atoms with Gasteiger partial charge >= 0.3 is 0 Å². The first-order chi connectivity index (χ1) is 15.3. The second-order valence-corrected chi connectivity index (χ2v) is 10.1. The summed E-state index contributed by atoms with van der Waals surface area (Å²) in [7, 11) is 0. The molecule has 0 radical (unpaired) electrons. The summed E-state index contributed by atoms with van der Waals surface area (Å²) < 4.78 is 0. The molecule has 0 aromatic carbocycles. The van der Waals surface area contributed by atoms with Crippen LogP contribution in [0.15, 0.2) is 46.6 Å². The quantitative estimate of drug-likeness (QED) is 0.170. The van der Waals surface area contributed by atoms with Crippen molar-refractivity contribution in [3.8, 4) is 0 Å². The van der Waals surface area contributed by atoms with Crippen LogP contribution in [0, 0.1) is 0 Å². The zero-order valence-electron chi connectivity index (χ0n) is 21.2. The van der Waals surface area contributed by atoms with E-state index in [2.05, 4.69) is 38.2 Å². The van der Waals surface area contributed by atoms with Gasteiger partial charge in [-0.05, 0) is 48.8 Å². The van der Waals surface area contributed by atoms with Crippen LogP contribution in [0.1, 0.15) is 149 Å². The highest BCUT2D eigenvalue weighted by Crippen LogP contribution is 2.36. The van der Waals surface area contributed by atoms with E-state index in [0.717, 1.165) is 0 Å². The summed E-state index contributed by atoms with van der Waals surface area (Å²) in [6.07, 6.45) is 39.2. The van der Waals surface area contributed by atoms with E-state index >= 15 is 0 Å². The molecule has 31 heavy (non-hydrogen) atoms. The van der Waals surface area contributed by atoms with Gasteiger partial charge < -0.3 is 0 Å². The smallest absolute Gasteiger partial charge is 0.0126 e. The highest BCUT2D eigenvalue weighted by molar-refractivity contribution is 5.62. The fraction of sp³-hybridized carbons (Fsp3) is 0.742. The number of unbranched alkanes of at least 4 members (excludes halogenated alkanes) is 16. The van der Waals surface area contributed by atoms with Crippen LogP contribution in [-0.2, 0) is 0 Å². The van der Waals surface area contributed by atoms with Crippen molar-refractivity contribution in [3.63, 3.8) is 0 Å². The minimum Gasteiger partial charge on any atom is -0.0723 e. The van der Waals surface area contributed by atoms with E-state index < -0.39 is 0 Å². The van der Waals surface area contributed by atoms with E-state index in [-0.39, 0.29) is 0 Å². The molecule has 0 saturated heterocycles. The Labute approximate surface area is 195 Å². The zero-order valence-corrected chi connectivity index (χ0v) is 21.2. The standard InChI is InChI=1S/C31H52/c1-3-5-7-9-11-13-15-17-19-21-28-23-26-31-29(24-25-30(31)27-28)22-20-18-16-14-12-10-8-6-4-2/h24-27H,3-23H2,1-2H3. The highest BCUT2D eigenvalue weighted by atomic mass is 14.2. The van der Waals surface area contributed by atoms with Crippen LogP contribution >= 0.6 is 0 Å². The number of hydrogen-bond donors (Lipinski definition) is 0. The van der Waals surface area contributed by atoms with Crippen molar-refractivity contribution >= 4 is 0 Å². The molecule has 0 atom stereocenters. The predicted octanol–water partition coefficient (Wildman–Crippen LogP) is 11.0. The first-order valence-corrected chi connectivity index (χ1v) is 14.2. The van der Waals surface area contributed by atoms with Gasteiger partial charge in [0.25, 0.3) is 0 Å². The normalized spacial score (nSPS) is 15.4. The van der Waals surface area contributed by atoms with Crippen LogP contribution in [0.4, 0.5) is 0 Å². The fourth-order valence-electron chi connectivity index (χ4n) is 5.12. The van der Waals surface area contributed by atoms with Crippen LogP contribution in [0.5, 0.6) is 0 Å². The lowest BCUT2D eigenvalue weighted by atomic mass is 9.89. The topological polar surface area (TPSA) is 0 Å². The summed E-state index contributed by atoms with van der Waals surface area (Å²) in [5.41, 5.74) is 6.34. The van der Waals surface area contributed by atoms with Crippen molar-refractivity contribution in [2.45, 2.75) is 149 Å². The minimum absolute atomic E-state index is 1.19. The Morgan fingerprint density at radius 3 is 1.58 bits per heavy atom. The second-order valence-electron chi connectivity index (χ2n) is 10.1. The number of allylic oxidation sites excluding steroid dienone is 8. The molecule has 0 heterocycles. The molecule has 0 N–H and O–H groups in total. The second kappa shape index (κ2) is 17.5. The maximum absolute atomic E-state index is 2.53. The van der Waals surface area contributed by atoms with Crippen LogP contribution in [-0.4, -0.2) is 0 Å². The van der Waals surface area contributed by atoms with Gasteiger partial charge in [0, 0.05) is 0 Å². The molecule has 0 amide bonds. The van der Waals surface area contributed by atoms with Gasteiger partial charge in [0.2, 0.25) is 0 Å². The molecular formula is C31H52. The van der Waals surface area contributed by atoms with Crippen molar-refractivity contribution in [1.29, 1.82) is 0 Å². The summed E-state index contributed by atoms with van der Waals surface area (Å²) in [5, 5.41) is 0. The fourth-order valence-corrected chi connectivity index (χ4v) is 5.12. The molecule has 0 bridgehead atoms. The van der Waals surface area contributed by atoms with Gasteiger partial charge in [0.15, 0.2) is 0 Å². The van der Waals surface area contributed by atoms with Crippen LogP contribution < -0.4 is 0 Å². The Balaban J connectivity index is 1.49. The molecule has 2 aliphatic rings. The van der Waals surface area contributed by atoms with E-state index in [1.165, 1.54) is 140 Å². The lowest BCUT2D eigenvalue weighted by Crippen LogP contribution is -1.97. The van der Waals surface area contributed by atoms with E-state index in [1.807, 2.05) is 0 Å². The van der Waals surface area contributed by atoms with Crippen molar-refractivity contribution in [3.05, 3.63) is 46.6 Å². The monoisotopic (exact) mass is 424 g/mol. The van der Waals surface area contributed by atoms with E-state index in [1.54, 1.807) is 16.7 Å². The van der Waals surface area contributed by atoms with Gasteiger partial charge in [-0.3, -0.25) is 0 Å². The molecule has 2 rings (SSSR count). The minimum atomic E-state index is 1.19. The summed E-state index contributed by atoms with van der Waals surface area (Å²) in [6.45, 7) is 4.60. The molecule has 0 fully saturated rings. The molecule has 0 saturated carbocycles. The Bertz CT molecular complexity index is 583.